The van der Waals surface area contributed by atoms with Gasteiger partial charge < -0.3 is 14.7 Å². The average molecular weight is 356 g/mol. The summed E-state index contributed by atoms with van der Waals surface area (Å²) in [6, 6.07) is 5.05. The molecule has 0 spiro atoms. The van der Waals surface area contributed by atoms with Crippen LogP contribution in [-0.4, -0.2) is 41.1 Å². The van der Waals surface area contributed by atoms with E-state index in [1.165, 1.54) is 4.90 Å². The molecule has 114 valence electrons. The van der Waals surface area contributed by atoms with Gasteiger partial charge in [-0.05, 0) is 53.4 Å². The average Bonchev–Trinajstić information content (AvgIpc) is 2.90. The Bertz CT molecular complexity index is 546. The van der Waals surface area contributed by atoms with Crippen LogP contribution < -0.4 is 4.74 Å². The third-order valence-corrected chi connectivity index (χ3v) is 4.14. The predicted octanol–water partition coefficient (Wildman–Crippen LogP) is 2.60. The van der Waals surface area contributed by atoms with E-state index < -0.39 is 12.0 Å². The van der Waals surface area contributed by atoms with Crippen molar-refractivity contribution in [2.24, 2.45) is 0 Å². The molecule has 0 radical (unpaired) electrons. The van der Waals surface area contributed by atoms with Crippen LogP contribution in [0.1, 0.15) is 24.8 Å². The molecule has 0 bridgehead atoms. The van der Waals surface area contributed by atoms with E-state index in [2.05, 4.69) is 15.9 Å². The number of aryl methyl sites for hydroxylation is 1. The largest absolute Gasteiger partial charge is 0.492 e. The van der Waals surface area contributed by atoms with Crippen LogP contribution in [0, 0.1) is 6.92 Å². The first-order chi connectivity index (χ1) is 9.99. The van der Waals surface area contributed by atoms with E-state index in [0.717, 1.165) is 16.5 Å². The number of carboxylic acids is 1. The molecule has 0 saturated carbocycles. The zero-order valence-electron chi connectivity index (χ0n) is 11.8. The summed E-state index contributed by atoms with van der Waals surface area (Å²) in [7, 11) is 0. The van der Waals surface area contributed by atoms with E-state index in [0.29, 0.717) is 18.7 Å². The number of halogens is 1. The zero-order chi connectivity index (χ0) is 15.4. The van der Waals surface area contributed by atoms with Crippen LogP contribution >= 0.6 is 15.9 Å². The highest BCUT2D eigenvalue weighted by molar-refractivity contribution is 9.10. The summed E-state index contributed by atoms with van der Waals surface area (Å²) in [6.45, 7) is 2.74. The van der Waals surface area contributed by atoms with Crippen LogP contribution in [0.4, 0.5) is 0 Å². The second kappa shape index (κ2) is 6.93. The number of carboxylic acid groups (broad SMARTS) is 1. The zero-order valence-corrected chi connectivity index (χ0v) is 13.4. The fourth-order valence-corrected chi connectivity index (χ4v) is 3.04. The summed E-state index contributed by atoms with van der Waals surface area (Å²) in [5, 5.41) is 9.07. The molecule has 2 rings (SSSR count). The first-order valence-electron chi connectivity index (χ1n) is 6.90. The second-order valence-corrected chi connectivity index (χ2v) is 5.97. The van der Waals surface area contributed by atoms with Gasteiger partial charge in [-0.15, -0.1) is 0 Å². The van der Waals surface area contributed by atoms with Crippen molar-refractivity contribution in [3.05, 3.63) is 28.2 Å². The Labute approximate surface area is 132 Å². The number of aliphatic carboxylic acids is 1. The molecule has 1 saturated heterocycles. The highest BCUT2D eigenvalue weighted by Gasteiger charge is 2.33. The maximum Gasteiger partial charge on any atom is 0.326 e. The molecule has 1 aliphatic heterocycles. The Morgan fingerprint density at radius 3 is 2.90 bits per heavy atom. The van der Waals surface area contributed by atoms with Crippen molar-refractivity contribution >= 4 is 27.8 Å². The highest BCUT2D eigenvalue weighted by Crippen LogP contribution is 2.26. The van der Waals surface area contributed by atoms with Gasteiger partial charge in [-0.25, -0.2) is 4.79 Å². The van der Waals surface area contributed by atoms with Crippen LogP contribution in [0.2, 0.25) is 0 Å². The molecule has 5 nitrogen and oxygen atoms in total. The van der Waals surface area contributed by atoms with Crippen molar-refractivity contribution < 1.29 is 19.4 Å². The summed E-state index contributed by atoms with van der Waals surface area (Å²) < 4.78 is 6.42. The van der Waals surface area contributed by atoms with Gasteiger partial charge in [0.25, 0.3) is 0 Å². The number of carbonyl (C=O) groups excluding carboxylic acids is 1. The molecule has 1 heterocycles. The number of likely N-dealkylation sites (tertiary alicyclic amines) is 1. The third-order valence-electron chi connectivity index (χ3n) is 3.52. The van der Waals surface area contributed by atoms with Crippen molar-refractivity contribution in [1.29, 1.82) is 0 Å². The smallest absolute Gasteiger partial charge is 0.326 e. The molecular weight excluding hydrogens is 338 g/mol. The first-order valence-corrected chi connectivity index (χ1v) is 7.69. The minimum Gasteiger partial charge on any atom is -0.492 e. The van der Waals surface area contributed by atoms with E-state index in [4.69, 9.17) is 9.84 Å². The maximum absolute atomic E-state index is 12.1. The molecule has 6 heteroatoms. The highest BCUT2D eigenvalue weighted by atomic mass is 79.9. The minimum atomic E-state index is -0.928. The minimum absolute atomic E-state index is 0.164. The van der Waals surface area contributed by atoms with Gasteiger partial charge in [-0.1, -0.05) is 6.07 Å². The first kappa shape index (κ1) is 15.8. The molecule has 0 unspecified atom stereocenters. The van der Waals surface area contributed by atoms with Gasteiger partial charge in [-0.3, -0.25) is 4.79 Å². The fourth-order valence-electron chi connectivity index (χ4n) is 2.44. The molecule has 1 aliphatic rings. The topological polar surface area (TPSA) is 66.8 Å². The van der Waals surface area contributed by atoms with E-state index in [-0.39, 0.29) is 18.9 Å². The number of hydrogen-bond donors (Lipinski definition) is 1. The summed E-state index contributed by atoms with van der Waals surface area (Å²) >= 11 is 3.41. The maximum atomic E-state index is 12.1. The van der Waals surface area contributed by atoms with E-state index in [9.17, 15) is 9.59 Å². The van der Waals surface area contributed by atoms with E-state index in [1.807, 2.05) is 25.1 Å². The van der Waals surface area contributed by atoms with Crippen LogP contribution in [0.3, 0.4) is 0 Å². The van der Waals surface area contributed by atoms with Crippen molar-refractivity contribution in [2.45, 2.75) is 32.2 Å². The Hall–Kier alpha value is -1.56. The molecule has 21 heavy (non-hydrogen) atoms. The SMILES string of the molecule is Cc1ccc(OCCC(=O)N2CCC[C@H]2C(=O)O)c(Br)c1. The van der Waals surface area contributed by atoms with Crippen molar-refractivity contribution in [3.8, 4) is 5.75 Å². The molecule has 1 amide bonds. The normalized spacial score (nSPS) is 17.8. The van der Waals surface area contributed by atoms with Gasteiger partial charge in [0.15, 0.2) is 0 Å². The predicted molar refractivity (Wildman–Crippen MR) is 81.4 cm³/mol. The van der Waals surface area contributed by atoms with Gasteiger partial charge in [-0.2, -0.15) is 0 Å². The Morgan fingerprint density at radius 2 is 2.24 bits per heavy atom. The summed E-state index contributed by atoms with van der Waals surface area (Å²) in [6.07, 6.45) is 1.46. The van der Waals surface area contributed by atoms with Crippen molar-refractivity contribution in [3.63, 3.8) is 0 Å². The molecule has 1 fully saturated rings. The summed E-state index contributed by atoms with van der Waals surface area (Å²) in [5.74, 6) is -0.407. The molecule has 0 aromatic heterocycles. The number of amides is 1. The summed E-state index contributed by atoms with van der Waals surface area (Å²) in [4.78, 5) is 24.6. The van der Waals surface area contributed by atoms with Gasteiger partial charge >= 0.3 is 5.97 Å². The fraction of sp³-hybridized carbons (Fsp3) is 0.467. The third kappa shape index (κ3) is 3.97. The lowest BCUT2D eigenvalue weighted by Gasteiger charge is -2.21. The molecule has 1 aromatic carbocycles. The lowest BCUT2D eigenvalue weighted by atomic mass is 10.2. The van der Waals surface area contributed by atoms with Crippen LogP contribution in [0.5, 0.6) is 5.75 Å². The molecular formula is C15H18BrNO4. The molecule has 0 aliphatic carbocycles. The Balaban J connectivity index is 1.85. The number of rotatable bonds is 5. The molecule has 1 aromatic rings. The number of benzene rings is 1. The van der Waals surface area contributed by atoms with Crippen molar-refractivity contribution in [2.75, 3.05) is 13.2 Å². The van der Waals surface area contributed by atoms with Crippen molar-refractivity contribution in [1.82, 2.24) is 4.90 Å². The lowest BCUT2D eigenvalue weighted by Crippen LogP contribution is -2.40. The van der Waals surface area contributed by atoms with Gasteiger partial charge in [0.05, 0.1) is 17.5 Å². The number of ether oxygens (including phenoxy) is 1. The number of hydrogen-bond acceptors (Lipinski definition) is 3. The van der Waals surface area contributed by atoms with E-state index >= 15 is 0 Å². The van der Waals surface area contributed by atoms with Gasteiger partial charge in [0, 0.05) is 6.54 Å². The van der Waals surface area contributed by atoms with Crippen LogP contribution in [-0.2, 0) is 9.59 Å². The lowest BCUT2D eigenvalue weighted by molar-refractivity contribution is -0.148. The second-order valence-electron chi connectivity index (χ2n) is 5.12. The number of carbonyl (C=O) groups is 2. The Kier molecular flexibility index (Phi) is 5.22. The summed E-state index contributed by atoms with van der Waals surface area (Å²) in [5.41, 5.74) is 1.12. The standard InChI is InChI=1S/C15H18BrNO4/c1-10-4-5-13(11(16)9-10)21-8-6-14(18)17-7-2-3-12(17)15(19)20/h4-5,9,12H,2-3,6-8H2,1H3,(H,19,20)/t12-/m0/s1. The Morgan fingerprint density at radius 1 is 1.48 bits per heavy atom. The quantitative estimate of drug-likeness (QED) is 0.881. The monoisotopic (exact) mass is 355 g/mol. The number of nitrogens with zero attached hydrogens (tertiary/aromatic N) is 1. The molecule has 1 N–H and O–H groups in total. The van der Waals surface area contributed by atoms with Crippen LogP contribution in [0.15, 0.2) is 22.7 Å². The molecule has 1 atom stereocenters. The van der Waals surface area contributed by atoms with Gasteiger partial charge in [0.2, 0.25) is 5.91 Å². The van der Waals surface area contributed by atoms with E-state index in [1.54, 1.807) is 0 Å². The van der Waals surface area contributed by atoms with Crippen LogP contribution in [0.25, 0.3) is 0 Å². The van der Waals surface area contributed by atoms with Gasteiger partial charge in [0.1, 0.15) is 11.8 Å².